The highest BCUT2D eigenvalue weighted by Gasteiger charge is 2.19. The first kappa shape index (κ1) is 9.53. The summed E-state index contributed by atoms with van der Waals surface area (Å²) in [5.74, 6) is 2.76. The van der Waals surface area contributed by atoms with E-state index in [9.17, 15) is 0 Å². The Bertz CT molecular complexity index is 335. The number of H-pyrrole nitrogens is 1. The summed E-state index contributed by atoms with van der Waals surface area (Å²) in [4.78, 5) is 4.31. The average Bonchev–Trinajstić information content (AvgIpc) is 2.68. The maximum absolute atomic E-state index is 8.50. The maximum Gasteiger partial charge on any atom is 0.163 e. The number of aromatic amines is 1. The number of hydrogen-bond donors (Lipinski definition) is 1. The maximum atomic E-state index is 8.50. The SMILES string of the molecule is N#CCc1nc(C2CCCCS2)n[nH]1. The molecule has 4 nitrogen and oxygen atoms in total. The molecule has 0 radical (unpaired) electrons. The molecule has 0 aromatic carbocycles. The summed E-state index contributed by atoms with van der Waals surface area (Å²) in [6.45, 7) is 0. The average molecular weight is 208 g/mol. The summed E-state index contributed by atoms with van der Waals surface area (Å²) >= 11 is 1.92. The molecule has 74 valence electrons. The van der Waals surface area contributed by atoms with Gasteiger partial charge in [0.25, 0.3) is 0 Å². The summed E-state index contributed by atoms with van der Waals surface area (Å²) in [5, 5.41) is 15.9. The molecule has 0 amide bonds. The summed E-state index contributed by atoms with van der Waals surface area (Å²) in [5.41, 5.74) is 0. The molecule has 1 N–H and O–H groups in total. The fourth-order valence-electron chi connectivity index (χ4n) is 1.55. The van der Waals surface area contributed by atoms with E-state index >= 15 is 0 Å². The minimum absolute atomic E-state index is 0.324. The van der Waals surface area contributed by atoms with Gasteiger partial charge in [-0.1, -0.05) is 6.42 Å². The first-order valence-electron chi connectivity index (χ1n) is 4.80. The van der Waals surface area contributed by atoms with Gasteiger partial charge in [-0.2, -0.15) is 22.1 Å². The van der Waals surface area contributed by atoms with Crippen LogP contribution in [-0.4, -0.2) is 20.9 Å². The van der Waals surface area contributed by atoms with Gasteiger partial charge in [-0.15, -0.1) is 0 Å². The largest absolute Gasteiger partial charge is 0.262 e. The van der Waals surface area contributed by atoms with Crippen molar-refractivity contribution in [2.24, 2.45) is 0 Å². The number of aromatic nitrogens is 3. The topological polar surface area (TPSA) is 65.4 Å². The molecule has 0 bridgehead atoms. The van der Waals surface area contributed by atoms with Gasteiger partial charge in [0.05, 0.1) is 17.7 Å². The van der Waals surface area contributed by atoms with Crippen LogP contribution in [0.4, 0.5) is 0 Å². The van der Waals surface area contributed by atoms with Crippen LogP contribution in [0.5, 0.6) is 0 Å². The highest BCUT2D eigenvalue weighted by molar-refractivity contribution is 7.99. The molecule has 5 heteroatoms. The van der Waals surface area contributed by atoms with E-state index in [-0.39, 0.29) is 0 Å². The van der Waals surface area contributed by atoms with Crippen LogP contribution in [0.2, 0.25) is 0 Å². The van der Waals surface area contributed by atoms with Gasteiger partial charge in [-0.3, -0.25) is 5.10 Å². The van der Waals surface area contributed by atoms with Crippen LogP contribution in [0.15, 0.2) is 0 Å². The lowest BCUT2D eigenvalue weighted by atomic mass is 10.2. The molecule has 2 rings (SSSR count). The molecule has 0 aliphatic carbocycles. The van der Waals surface area contributed by atoms with Crippen LogP contribution < -0.4 is 0 Å². The third-order valence-corrected chi connectivity index (χ3v) is 3.64. The summed E-state index contributed by atoms with van der Waals surface area (Å²) < 4.78 is 0. The number of rotatable bonds is 2. The Labute approximate surface area is 87.1 Å². The van der Waals surface area contributed by atoms with E-state index in [2.05, 4.69) is 21.3 Å². The Kier molecular flexibility index (Phi) is 3.04. The molecule has 2 heterocycles. The molecule has 1 unspecified atom stereocenters. The standard InChI is InChI=1S/C9H12N4S/c10-5-4-8-11-9(13-12-8)7-3-1-2-6-14-7/h7H,1-4,6H2,(H,11,12,13). The van der Waals surface area contributed by atoms with Crippen LogP contribution in [0.25, 0.3) is 0 Å². The predicted molar refractivity (Wildman–Crippen MR) is 54.7 cm³/mol. The Balaban J connectivity index is 2.04. The quantitative estimate of drug-likeness (QED) is 0.805. The van der Waals surface area contributed by atoms with Crippen LogP contribution in [0.1, 0.15) is 36.2 Å². The van der Waals surface area contributed by atoms with Gasteiger partial charge in [0, 0.05) is 0 Å². The third-order valence-electron chi connectivity index (χ3n) is 2.26. The first-order chi connectivity index (χ1) is 6.90. The molecule has 1 atom stereocenters. The fraction of sp³-hybridized carbons (Fsp3) is 0.667. The zero-order valence-electron chi connectivity index (χ0n) is 7.86. The monoisotopic (exact) mass is 208 g/mol. The van der Waals surface area contributed by atoms with E-state index < -0.39 is 0 Å². The molecule has 0 saturated carbocycles. The second kappa shape index (κ2) is 4.47. The molecular weight excluding hydrogens is 196 g/mol. The van der Waals surface area contributed by atoms with Crippen LogP contribution in [-0.2, 0) is 6.42 Å². The van der Waals surface area contributed by atoms with E-state index in [1.807, 2.05) is 11.8 Å². The van der Waals surface area contributed by atoms with Crippen LogP contribution in [0, 0.1) is 11.3 Å². The van der Waals surface area contributed by atoms with Crippen molar-refractivity contribution in [3.05, 3.63) is 11.6 Å². The predicted octanol–water partition coefficient (Wildman–Crippen LogP) is 1.83. The number of nitriles is 1. The molecule has 1 saturated heterocycles. The van der Waals surface area contributed by atoms with Crippen molar-refractivity contribution < 1.29 is 0 Å². The van der Waals surface area contributed by atoms with Gasteiger partial charge < -0.3 is 0 Å². The second-order valence-corrected chi connectivity index (χ2v) is 4.64. The molecule has 1 aromatic heterocycles. The molecule has 1 aliphatic heterocycles. The second-order valence-electron chi connectivity index (χ2n) is 3.33. The minimum atomic E-state index is 0.324. The number of hydrogen-bond acceptors (Lipinski definition) is 4. The molecular formula is C9H12N4S. The first-order valence-corrected chi connectivity index (χ1v) is 5.85. The number of nitrogens with one attached hydrogen (secondary N) is 1. The van der Waals surface area contributed by atoms with E-state index in [1.165, 1.54) is 18.6 Å². The van der Waals surface area contributed by atoms with Gasteiger partial charge in [0.1, 0.15) is 5.82 Å². The number of thioether (sulfide) groups is 1. The molecule has 1 aromatic rings. The summed E-state index contributed by atoms with van der Waals surface area (Å²) in [7, 11) is 0. The zero-order chi connectivity index (χ0) is 9.80. The van der Waals surface area contributed by atoms with Crippen molar-refractivity contribution in [3.63, 3.8) is 0 Å². The van der Waals surface area contributed by atoms with Crippen molar-refractivity contribution in [2.45, 2.75) is 30.9 Å². The molecule has 14 heavy (non-hydrogen) atoms. The summed E-state index contributed by atoms with van der Waals surface area (Å²) in [6, 6.07) is 2.06. The van der Waals surface area contributed by atoms with Crippen LogP contribution >= 0.6 is 11.8 Å². The Morgan fingerprint density at radius 2 is 2.50 bits per heavy atom. The van der Waals surface area contributed by atoms with E-state index in [0.29, 0.717) is 17.5 Å². The smallest absolute Gasteiger partial charge is 0.163 e. The van der Waals surface area contributed by atoms with Crippen molar-refractivity contribution in [1.29, 1.82) is 5.26 Å². The normalized spacial score (nSPS) is 21.8. The van der Waals surface area contributed by atoms with E-state index in [4.69, 9.17) is 5.26 Å². The highest BCUT2D eigenvalue weighted by atomic mass is 32.2. The fourth-order valence-corrected chi connectivity index (χ4v) is 2.80. The van der Waals surface area contributed by atoms with Gasteiger partial charge in [0.2, 0.25) is 0 Å². The molecule has 0 spiro atoms. The Morgan fingerprint density at radius 1 is 1.57 bits per heavy atom. The van der Waals surface area contributed by atoms with Gasteiger partial charge >= 0.3 is 0 Å². The van der Waals surface area contributed by atoms with Crippen molar-refractivity contribution in [2.75, 3.05) is 5.75 Å². The lowest BCUT2D eigenvalue weighted by Gasteiger charge is -2.17. The zero-order valence-corrected chi connectivity index (χ0v) is 8.68. The number of nitrogens with zero attached hydrogens (tertiary/aromatic N) is 3. The van der Waals surface area contributed by atoms with Crippen LogP contribution in [0.3, 0.4) is 0 Å². The van der Waals surface area contributed by atoms with E-state index in [0.717, 1.165) is 12.2 Å². The third kappa shape index (κ3) is 2.07. The molecule has 1 fully saturated rings. The summed E-state index contributed by atoms with van der Waals surface area (Å²) in [6.07, 6.45) is 4.05. The lowest BCUT2D eigenvalue weighted by Crippen LogP contribution is -2.03. The Hall–Kier alpha value is -1.02. The van der Waals surface area contributed by atoms with E-state index in [1.54, 1.807) is 0 Å². The van der Waals surface area contributed by atoms with Gasteiger partial charge in [-0.05, 0) is 18.6 Å². The van der Waals surface area contributed by atoms with Crippen molar-refractivity contribution in [3.8, 4) is 6.07 Å². The lowest BCUT2D eigenvalue weighted by molar-refractivity contribution is 0.664. The highest BCUT2D eigenvalue weighted by Crippen LogP contribution is 2.36. The van der Waals surface area contributed by atoms with Gasteiger partial charge in [-0.25, -0.2) is 4.98 Å². The minimum Gasteiger partial charge on any atom is -0.262 e. The molecule has 1 aliphatic rings. The van der Waals surface area contributed by atoms with Gasteiger partial charge in [0.15, 0.2) is 5.82 Å². The van der Waals surface area contributed by atoms with Crippen molar-refractivity contribution in [1.82, 2.24) is 15.2 Å². The van der Waals surface area contributed by atoms with Crippen molar-refractivity contribution >= 4 is 11.8 Å². The Morgan fingerprint density at radius 3 is 3.21 bits per heavy atom.